The van der Waals surface area contributed by atoms with Gasteiger partial charge in [0.25, 0.3) is 5.24 Å². The van der Waals surface area contributed by atoms with Crippen molar-refractivity contribution in [2.24, 2.45) is 0 Å². The molecule has 1 heterocycles. The van der Waals surface area contributed by atoms with Crippen molar-refractivity contribution < 1.29 is 9.59 Å². The van der Waals surface area contributed by atoms with Crippen molar-refractivity contribution in [2.45, 2.75) is 18.2 Å². The highest BCUT2D eigenvalue weighted by Crippen LogP contribution is 2.44. The summed E-state index contributed by atoms with van der Waals surface area (Å²) in [5.74, 6) is -0.178. The third-order valence-corrected chi connectivity index (χ3v) is 4.93. The van der Waals surface area contributed by atoms with Gasteiger partial charge < -0.3 is 0 Å². The van der Waals surface area contributed by atoms with Gasteiger partial charge in [0.15, 0.2) is 0 Å². The molecular weight excluding hydrogens is 306 g/mol. The Balaban J connectivity index is 1.97. The highest BCUT2D eigenvalue weighted by Gasteiger charge is 2.44. The van der Waals surface area contributed by atoms with Gasteiger partial charge in [-0.15, -0.1) is 0 Å². The minimum absolute atomic E-state index is 0.178. The third-order valence-electron chi connectivity index (χ3n) is 3.82. The highest BCUT2D eigenvalue weighted by atomic mass is 32.2. The van der Waals surface area contributed by atoms with Gasteiger partial charge in [-0.05, 0) is 29.8 Å². The van der Waals surface area contributed by atoms with Gasteiger partial charge >= 0.3 is 0 Å². The van der Waals surface area contributed by atoms with E-state index in [0.29, 0.717) is 0 Å². The van der Waals surface area contributed by atoms with Gasteiger partial charge in [-0.25, -0.2) is 0 Å². The zero-order valence-electron chi connectivity index (χ0n) is 12.8. The second kappa shape index (κ2) is 6.42. The van der Waals surface area contributed by atoms with Crippen molar-refractivity contribution in [3.63, 3.8) is 0 Å². The fourth-order valence-corrected chi connectivity index (χ4v) is 3.80. The van der Waals surface area contributed by atoms with E-state index in [1.165, 1.54) is 4.90 Å². The van der Waals surface area contributed by atoms with E-state index in [0.717, 1.165) is 28.5 Å². The molecule has 2 aromatic rings. The smallest absolute Gasteiger partial charge is 0.273 e. The fraction of sp³-hybridized carbons (Fsp3) is 0.158. The van der Waals surface area contributed by atoms with Crippen LogP contribution >= 0.6 is 11.8 Å². The van der Waals surface area contributed by atoms with E-state index in [4.69, 9.17) is 0 Å². The van der Waals surface area contributed by atoms with Crippen molar-refractivity contribution >= 4 is 22.9 Å². The summed E-state index contributed by atoms with van der Waals surface area (Å²) in [7, 11) is 0. The van der Waals surface area contributed by atoms with E-state index >= 15 is 0 Å². The van der Waals surface area contributed by atoms with Crippen LogP contribution in [-0.4, -0.2) is 16.0 Å². The van der Waals surface area contributed by atoms with Gasteiger partial charge in [0.2, 0.25) is 5.91 Å². The van der Waals surface area contributed by atoms with Crippen molar-refractivity contribution in [1.82, 2.24) is 4.90 Å². The van der Waals surface area contributed by atoms with Gasteiger partial charge in [-0.3, -0.25) is 14.5 Å². The number of thioether (sulfide) groups is 1. The van der Waals surface area contributed by atoms with Gasteiger partial charge in [-0.1, -0.05) is 72.8 Å². The Morgan fingerprint density at radius 3 is 2.17 bits per heavy atom. The van der Waals surface area contributed by atoms with Crippen LogP contribution in [0.2, 0.25) is 0 Å². The molecule has 0 radical (unpaired) electrons. The second-order valence-corrected chi connectivity index (χ2v) is 6.60. The molecule has 4 heteroatoms. The summed E-state index contributed by atoms with van der Waals surface area (Å²) in [6, 6.07) is 18.5. The summed E-state index contributed by atoms with van der Waals surface area (Å²) in [6.07, 6.45) is 0. The molecule has 1 unspecified atom stereocenters. The molecule has 3 nitrogen and oxygen atoms in total. The molecule has 1 saturated heterocycles. The molecule has 0 N–H and O–H groups in total. The Hall–Kier alpha value is -2.33. The van der Waals surface area contributed by atoms with E-state index in [-0.39, 0.29) is 11.1 Å². The zero-order chi connectivity index (χ0) is 16.4. The molecule has 23 heavy (non-hydrogen) atoms. The highest BCUT2D eigenvalue weighted by molar-refractivity contribution is 8.15. The average Bonchev–Trinajstić information content (AvgIpc) is 2.85. The molecule has 0 aliphatic carbocycles. The molecule has 3 rings (SSSR count). The number of amides is 2. The van der Waals surface area contributed by atoms with Crippen molar-refractivity contribution in [2.75, 3.05) is 0 Å². The number of hydrogen-bond acceptors (Lipinski definition) is 3. The van der Waals surface area contributed by atoms with Crippen molar-refractivity contribution in [3.8, 4) is 0 Å². The molecule has 116 valence electrons. The Morgan fingerprint density at radius 1 is 1.04 bits per heavy atom. The first kappa shape index (κ1) is 15.6. The van der Waals surface area contributed by atoms with Crippen LogP contribution in [0.15, 0.2) is 72.8 Å². The lowest BCUT2D eigenvalue weighted by molar-refractivity contribution is -0.128. The fourth-order valence-electron chi connectivity index (χ4n) is 2.78. The number of rotatable bonds is 4. The van der Waals surface area contributed by atoms with Crippen LogP contribution in [-0.2, 0) is 4.79 Å². The van der Waals surface area contributed by atoms with Crippen LogP contribution in [0, 0.1) is 0 Å². The number of hydrogen-bond donors (Lipinski definition) is 0. The quantitative estimate of drug-likeness (QED) is 0.763. The Morgan fingerprint density at radius 2 is 1.61 bits per heavy atom. The second-order valence-electron chi connectivity index (χ2n) is 5.54. The Kier molecular flexibility index (Phi) is 4.35. The van der Waals surface area contributed by atoms with E-state index in [1.54, 1.807) is 0 Å². The summed E-state index contributed by atoms with van der Waals surface area (Å²) < 4.78 is 0. The molecule has 2 aromatic carbocycles. The lowest BCUT2D eigenvalue weighted by Crippen LogP contribution is -2.34. The number of carbonyl (C=O) groups is 2. The van der Waals surface area contributed by atoms with Gasteiger partial charge in [-0.2, -0.15) is 0 Å². The first-order valence-electron chi connectivity index (χ1n) is 7.38. The number of carbonyl (C=O) groups excluding carboxylic acids is 2. The molecular formula is C19H17NO2S. The minimum atomic E-state index is -0.478. The number of benzene rings is 2. The number of imide groups is 1. The van der Waals surface area contributed by atoms with Crippen molar-refractivity contribution in [1.29, 1.82) is 0 Å². The summed E-state index contributed by atoms with van der Waals surface area (Å²) in [5, 5.41) is -0.699. The topological polar surface area (TPSA) is 37.4 Å². The van der Waals surface area contributed by atoms with E-state index < -0.39 is 11.3 Å². The van der Waals surface area contributed by atoms with Crippen LogP contribution in [0.5, 0.6) is 0 Å². The maximum atomic E-state index is 12.9. The standard InChI is InChI=1S/C19H17NO2S/c1-13(2)16(14-9-5-3-6-10-14)20-18(21)17(23-19(20)22)15-11-7-4-8-12-15/h3-12,16-17H,1H2,2H3/t16-,17?/m0/s1. The predicted molar refractivity (Wildman–Crippen MR) is 93.0 cm³/mol. The van der Waals surface area contributed by atoms with Crippen molar-refractivity contribution in [3.05, 3.63) is 83.9 Å². The Labute approximate surface area is 140 Å². The summed E-state index contributed by atoms with van der Waals surface area (Å²) in [5.41, 5.74) is 2.52. The third kappa shape index (κ3) is 2.94. The zero-order valence-corrected chi connectivity index (χ0v) is 13.6. The molecule has 0 spiro atoms. The molecule has 1 aliphatic heterocycles. The van der Waals surface area contributed by atoms with E-state index in [2.05, 4.69) is 6.58 Å². The van der Waals surface area contributed by atoms with Crippen LogP contribution < -0.4 is 0 Å². The van der Waals surface area contributed by atoms with Gasteiger partial charge in [0.05, 0.1) is 6.04 Å². The predicted octanol–water partition coefficient (Wildman–Crippen LogP) is 4.74. The lowest BCUT2D eigenvalue weighted by atomic mass is 9.99. The van der Waals surface area contributed by atoms with Crippen LogP contribution in [0.1, 0.15) is 29.3 Å². The first-order chi connectivity index (χ1) is 11.1. The maximum Gasteiger partial charge on any atom is 0.290 e. The van der Waals surface area contributed by atoms with E-state index in [9.17, 15) is 9.59 Å². The van der Waals surface area contributed by atoms with Crippen LogP contribution in [0.25, 0.3) is 0 Å². The summed E-state index contributed by atoms with van der Waals surface area (Å²) >= 11 is 1.07. The Bertz CT molecular complexity index is 742. The first-order valence-corrected chi connectivity index (χ1v) is 8.26. The molecule has 0 saturated carbocycles. The molecule has 1 fully saturated rings. The molecule has 1 aliphatic rings. The monoisotopic (exact) mass is 323 g/mol. The minimum Gasteiger partial charge on any atom is -0.273 e. The molecule has 0 bridgehead atoms. The normalized spacial score (nSPS) is 19.0. The van der Waals surface area contributed by atoms with Gasteiger partial charge in [0.1, 0.15) is 5.25 Å². The van der Waals surface area contributed by atoms with E-state index in [1.807, 2.05) is 67.6 Å². The number of nitrogens with zero attached hydrogens (tertiary/aromatic N) is 1. The largest absolute Gasteiger partial charge is 0.290 e. The molecule has 2 atom stereocenters. The van der Waals surface area contributed by atoms with Crippen LogP contribution in [0.3, 0.4) is 0 Å². The summed E-state index contributed by atoms with van der Waals surface area (Å²) in [4.78, 5) is 26.7. The van der Waals surface area contributed by atoms with Gasteiger partial charge in [0, 0.05) is 0 Å². The molecule has 2 amide bonds. The lowest BCUT2D eigenvalue weighted by Gasteiger charge is -2.26. The SMILES string of the molecule is C=C(C)[C@@H](c1ccccc1)N1C(=O)SC(c2ccccc2)C1=O. The molecule has 0 aromatic heterocycles. The summed E-state index contributed by atoms with van der Waals surface area (Å²) in [6.45, 7) is 5.83. The maximum absolute atomic E-state index is 12.9. The van der Waals surface area contributed by atoms with Crippen LogP contribution in [0.4, 0.5) is 4.79 Å². The average molecular weight is 323 g/mol.